The van der Waals surface area contributed by atoms with Gasteiger partial charge in [0, 0.05) is 27.2 Å². The lowest BCUT2D eigenvalue weighted by Gasteiger charge is -1.98. The van der Waals surface area contributed by atoms with Gasteiger partial charge in [-0.05, 0) is 30.3 Å². The first-order chi connectivity index (χ1) is 10.0. The summed E-state index contributed by atoms with van der Waals surface area (Å²) < 4.78 is 23.6. The number of hydrogen-bond acceptors (Lipinski definition) is 4. The van der Waals surface area contributed by atoms with Crippen LogP contribution in [0.2, 0.25) is 0 Å². The van der Waals surface area contributed by atoms with Crippen LogP contribution in [0.25, 0.3) is 10.1 Å². The summed E-state index contributed by atoms with van der Waals surface area (Å²) in [4.78, 5) is 4.45. The zero-order valence-corrected chi connectivity index (χ0v) is 12.6. The van der Waals surface area contributed by atoms with Crippen LogP contribution in [0.5, 0.6) is 0 Å². The molecule has 6 heteroatoms. The normalized spacial score (nSPS) is 12.2. The Hall–Kier alpha value is -2.02. The van der Waals surface area contributed by atoms with E-state index >= 15 is 0 Å². The fourth-order valence-electron chi connectivity index (χ4n) is 1.96. The second-order valence-electron chi connectivity index (χ2n) is 4.48. The first-order valence-electron chi connectivity index (χ1n) is 6.17. The van der Waals surface area contributed by atoms with E-state index in [1.165, 1.54) is 16.8 Å². The second-order valence-corrected chi connectivity index (χ2v) is 6.96. The minimum Gasteiger partial charge on any atom is -0.256 e. The van der Waals surface area contributed by atoms with Crippen LogP contribution in [0.1, 0.15) is 5.56 Å². The minimum atomic E-state index is -3.66. The molecule has 0 aliphatic heterocycles. The maximum absolute atomic E-state index is 11.2. The molecule has 0 saturated carbocycles. The number of aliphatic imine (C=N–C) groups is 1. The van der Waals surface area contributed by atoms with Gasteiger partial charge in [-0.3, -0.25) is 4.99 Å². The minimum absolute atomic E-state index is 0.0856. The van der Waals surface area contributed by atoms with Gasteiger partial charge in [0.1, 0.15) is 0 Å². The zero-order chi connectivity index (χ0) is 14.9. The van der Waals surface area contributed by atoms with Gasteiger partial charge in [-0.15, -0.1) is 11.3 Å². The fraction of sp³-hybridized carbons (Fsp3) is 0. The Morgan fingerprint density at radius 3 is 2.48 bits per heavy atom. The topological polar surface area (TPSA) is 72.5 Å². The van der Waals surface area contributed by atoms with Crippen LogP contribution in [0.3, 0.4) is 0 Å². The third-order valence-corrected chi connectivity index (χ3v) is 4.94. The predicted octanol–water partition coefficient (Wildman–Crippen LogP) is 3.30. The molecule has 0 unspecified atom stereocenters. The van der Waals surface area contributed by atoms with Crippen molar-refractivity contribution in [3.05, 3.63) is 59.5 Å². The molecule has 0 amide bonds. The van der Waals surface area contributed by atoms with E-state index in [1.54, 1.807) is 29.7 Å². The third-order valence-electron chi connectivity index (χ3n) is 3.03. The summed E-state index contributed by atoms with van der Waals surface area (Å²) in [5.74, 6) is 0. The second kappa shape index (κ2) is 5.40. The highest BCUT2D eigenvalue weighted by Gasteiger charge is 2.06. The highest BCUT2D eigenvalue weighted by atomic mass is 32.2. The summed E-state index contributed by atoms with van der Waals surface area (Å²) in [6.45, 7) is 0. The molecule has 1 heterocycles. The molecule has 2 aromatic carbocycles. The monoisotopic (exact) mass is 316 g/mol. The van der Waals surface area contributed by atoms with Gasteiger partial charge in [0.2, 0.25) is 10.0 Å². The van der Waals surface area contributed by atoms with Crippen LogP contribution < -0.4 is 5.14 Å². The van der Waals surface area contributed by atoms with E-state index in [0.29, 0.717) is 5.69 Å². The Balaban J connectivity index is 1.89. The van der Waals surface area contributed by atoms with E-state index < -0.39 is 10.0 Å². The average Bonchev–Trinajstić information content (AvgIpc) is 2.88. The Labute approximate surface area is 126 Å². The van der Waals surface area contributed by atoms with Gasteiger partial charge in [0.15, 0.2) is 0 Å². The maximum Gasteiger partial charge on any atom is 0.238 e. The van der Waals surface area contributed by atoms with Crippen molar-refractivity contribution < 1.29 is 8.42 Å². The van der Waals surface area contributed by atoms with Gasteiger partial charge in [-0.25, -0.2) is 13.6 Å². The van der Waals surface area contributed by atoms with Crippen LogP contribution >= 0.6 is 11.3 Å². The Kier molecular flexibility index (Phi) is 3.59. The first-order valence-corrected chi connectivity index (χ1v) is 8.60. The van der Waals surface area contributed by atoms with E-state index in [1.807, 2.05) is 17.5 Å². The third kappa shape index (κ3) is 3.02. The number of nitrogens with zero attached hydrogens (tertiary/aromatic N) is 1. The molecule has 0 bridgehead atoms. The Morgan fingerprint density at radius 1 is 1.05 bits per heavy atom. The summed E-state index contributed by atoms with van der Waals surface area (Å²) in [6.07, 6.45) is 1.78. The maximum atomic E-state index is 11.2. The van der Waals surface area contributed by atoms with Gasteiger partial charge < -0.3 is 0 Å². The van der Waals surface area contributed by atoms with Crippen molar-refractivity contribution in [3.8, 4) is 0 Å². The molecule has 0 radical (unpaired) electrons. The van der Waals surface area contributed by atoms with Crippen LogP contribution in [0.4, 0.5) is 5.69 Å². The van der Waals surface area contributed by atoms with Crippen LogP contribution in [0, 0.1) is 0 Å². The molecule has 106 valence electrons. The molecule has 0 aliphatic rings. The number of benzene rings is 2. The standard InChI is InChI=1S/C15H12N2O2S2/c16-21(18,19)13-7-5-12(6-8-13)17-9-11-10-20-15-4-2-1-3-14(11)15/h1-10H,(H2,16,18,19). The molecule has 0 saturated heterocycles. The van der Waals surface area contributed by atoms with E-state index in [4.69, 9.17) is 5.14 Å². The van der Waals surface area contributed by atoms with E-state index in [2.05, 4.69) is 17.1 Å². The molecular formula is C15H12N2O2S2. The largest absolute Gasteiger partial charge is 0.256 e. The zero-order valence-electron chi connectivity index (χ0n) is 10.9. The van der Waals surface area contributed by atoms with Crippen molar-refractivity contribution in [3.63, 3.8) is 0 Å². The quantitative estimate of drug-likeness (QED) is 0.753. The SMILES string of the molecule is NS(=O)(=O)c1ccc(N=Cc2csc3ccccc23)cc1. The van der Waals surface area contributed by atoms with Crippen LogP contribution in [0.15, 0.2) is 63.8 Å². The number of sulfonamides is 1. The molecule has 2 N–H and O–H groups in total. The number of thiophene rings is 1. The lowest BCUT2D eigenvalue weighted by Crippen LogP contribution is -2.11. The van der Waals surface area contributed by atoms with E-state index in [0.717, 1.165) is 10.9 Å². The lowest BCUT2D eigenvalue weighted by molar-refractivity contribution is 0.598. The molecule has 3 rings (SSSR count). The first kappa shape index (κ1) is 13.9. The molecular weight excluding hydrogens is 304 g/mol. The fourth-order valence-corrected chi connectivity index (χ4v) is 3.39. The van der Waals surface area contributed by atoms with Gasteiger partial charge in [0.25, 0.3) is 0 Å². The van der Waals surface area contributed by atoms with Crippen LogP contribution in [-0.4, -0.2) is 14.6 Å². The number of rotatable bonds is 3. The van der Waals surface area contributed by atoms with Crippen molar-refractivity contribution >= 4 is 43.3 Å². The van der Waals surface area contributed by atoms with Gasteiger partial charge in [-0.1, -0.05) is 18.2 Å². The van der Waals surface area contributed by atoms with Gasteiger partial charge >= 0.3 is 0 Å². The molecule has 0 spiro atoms. The number of primary sulfonamides is 1. The van der Waals surface area contributed by atoms with Crippen LogP contribution in [-0.2, 0) is 10.0 Å². The molecule has 0 aliphatic carbocycles. The Morgan fingerprint density at radius 2 is 1.76 bits per heavy atom. The highest BCUT2D eigenvalue weighted by Crippen LogP contribution is 2.25. The molecule has 0 atom stereocenters. The summed E-state index contributed by atoms with van der Waals surface area (Å²) in [5, 5.41) is 8.26. The number of nitrogens with two attached hydrogens (primary N) is 1. The Bertz CT molecular complexity index is 910. The number of hydrogen-bond donors (Lipinski definition) is 1. The highest BCUT2D eigenvalue weighted by molar-refractivity contribution is 7.89. The average molecular weight is 316 g/mol. The van der Waals surface area contributed by atoms with E-state index in [9.17, 15) is 8.42 Å². The molecule has 4 nitrogen and oxygen atoms in total. The van der Waals surface area contributed by atoms with E-state index in [-0.39, 0.29) is 4.90 Å². The lowest BCUT2D eigenvalue weighted by atomic mass is 10.2. The van der Waals surface area contributed by atoms with Crippen molar-refractivity contribution in [2.75, 3.05) is 0 Å². The molecule has 3 aromatic rings. The predicted molar refractivity (Wildman–Crippen MR) is 86.9 cm³/mol. The summed E-state index contributed by atoms with van der Waals surface area (Å²) in [5.41, 5.74) is 1.73. The summed E-state index contributed by atoms with van der Waals surface area (Å²) in [6, 6.07) is 14.3. The van der Waals surface area contributed by atoms with Gasteiger partial charge in [0.05, 0.1) is 10.6 Å². The smallest absolute Gasteiger partial charge is 0.238 e. The summed E-state index contributed by atoms with van der Waals surface area (Å²) >= 11 is 1.67. The van der Waals surface area contributed by atoms with Crippen molar-refractivity contribution in [2.45, 2.75) is 4.90 Å². The van der Waals surface area contributed by atoms with Crippen molar-refractivity contribution in [1.29, 1.82) is 0 Å². The molecule has 1 aromatic heterocycles. The summed E-state index contributed by atoms with van der Waals surface area (Å²) in [7, 11) is -3.66. The molecule has 0 fully saturated rings. The van der Waals surface area contributed by atoms with Gasteiger partial charge in [-0.2, -0.15) is 0 Å². The number of fused-ring (bicyclic) bond motifs is 1. The van der Waals surface area contributed by atoms with Crippen molar-refractivity contribution in [1.82, 2.24) is 0 Å². The van der Waals surface area contributed by atoms with Crippen molar-refractivity contribution in [2.24, 2.45) is 10.1 Å². The molecule has 21 heavy (non-hydrogen) atoms.